The van der Waals surface area contributed by atoms with Gasteiger partial charge in [0, 0.05) is 18.8 Å². The zero-order chi connectivity index (χ0) is 13.3. The Bertz CT molecular complexity index is 477. The highest BCUT2D eigenvalue weighted by molar-refractivity contribution is 5.81. The molecule has 1 fully saturated rings. The van der Waals surface area contributed by atoms with Crippen LogP contribution >= 0.6 is 0 Å². The summed E-state index contributed by atoms with van der Waals surface area (Å²) in [5, 5.41) is 0. The van der Waals surface area contributed by atoms with Gasteiger partial charge >= 0.3 is 0 Å². The van der Waals surface area contributed by atoms with E-state index < -0.39 is 5.41 Å². The average Bonchev–Trinajstić information content (AvgIpc) is 2.67. The van der Waals surface area contributed by atoms with Crippen LogP contribution < -0.4 is 11.5 Å². The molecule has 0 bridgehead atoms. The Balaban J connectivity index is 2.08. The molecule has 0 aromatic heterocycles. The van der Waals surface area contributed by atoms with Gasteiger partial charge in [0.25, 0.3) is 0 Å². The first-order valence-corrected chi connectivity index (χ1v) is 5.97. The molecule has 18 heavy (non-hydrogen) atoms. The van der Waals surface area contributed by atoms with Gasteiger partial charge in [0.2, 0.25) is 5.91 Å². The van der Waals surface area contributed by atoms with E-state index in [1.165, 1.54) is 12.1 Å². The molecule has 1 aromatic rings. The lowest BCUT2D eigenvalue weighted by Gasteiger charge is -2.21. The van der Waals surface area contributed by atoms with Crippen LogP contribution in [0.25, 0.3) is 0 Å². The summed E-state index contributed by atoms with van der Waals surface area (Å²) in [4.78, 5) is 13.4. The normalized spacial score (nSPS) is 24.3. The van der Waals surface area contributed by atoms with Crippen LogP contribution in [0, 0.1) is 11.2 Å². The highest BCUT2D eigenvalue weighted by Gasteiger charge is 2.38. The molecule has 0 saturated carbocycles. The zero-order valence-corrected chi connectivity index (χ0v) is 10.4. The van der Waals surface area contributed by atoms with Crippen LogP contribution in [0.15, 0.2) is 18.2 Å². The molecule has 4 nitrogen and oxygen atoms in total. The number of amides is 1. The van der Waals surface area contributed by atoms with E-state index in [1.807, 2.05) is 6.92 Å². The molecule has 1 atom stereocenters. The number of benzene rings is 1. The van der Waals surface area contributed by atoms with Crippen LogP contribution in [0.1, 0.15) is 18.9 Å². The third-order valence-electron chi connectivity index (χ3n) is 3.65. The Morgan fingerprint density at radius 2 is 2.28 bits per heavy atom. The number of carbonyl (C=O) groups excluding carboxylic acids is 1. The number of likely N-dealkylation sites (tertiary alicyclic amines) is 1. The maximum Gasteiger partial charge on any atom is 0.224 e. The van der Waals surface area contributed by atoms with E-state index >= 15 is 0 Å². The third kappa shape index (κ3) is 2.46. The first-order valence-electron chi connectivity index (χ1n) is 5.97. The number of nitrogens with two attached hydrogens (primary N) is 2. The van der Waals surface area contributed by atoms with Crippen LogP contribution in [0.4, 0.5) is 10.1 Å². The van der Waals surface area contributed by atoms with E-state index in [2.05, 4.69) is 4.90 Å². The molecule has 1 aliphatic heterocycles. The predicted octanol–water partition coefficient (Wildman–Crippen LogP) is 1.11. The lowest BCUT2D eigenvalue weighted by Crippen LogP contribution is -2.37. The average molecular weight is 251 g/mol. The molecule has 0 spiro atoms. The second kappa shape index (κ2) is 4.57. The van der Waals surface area contributed by atoms with E-state index in [4.69, 9.17) is 11.5 Å². The van der Waals surface area contributed by atoms with Crippen molar-refractivity contribution in [2.24, 2.45) is 11.1 Å². The number of nitrogen functional groups attached to an aromatic ring is 1. The summed E-state index contributed by atoms with van der Waals surface area (Å²) in [6.07, 6.45) is 0.734. The first-order chi connectivity index (χ1) is 8.40. The number of anilines is 1. The maximum absolute atomic E-state index is 13.2. The highest BCUT2D eigenvalue weighted by atomic mass is 19.1. The SMILES string of the molecule is CC1(C(N)=O)CCN(Cc2cc(F)ccc2N)C1. The summed E-state index contributed by atoms with van der Waals surface area (Å²) >= 11 is 0. The molecule has 0 radical (unpaired) electrons. The molecule has 1 aliphatic rings. The van der Waals surface area contributed by atoms with Crippen molar-refractivity contribution in [3.05, 3.63) is 29.6 Å². The van der Waals surface area contributed by atoms with E-state index in [0.29, 0.717) is 18.8 Å². The summed E-state index contributed by atoms with van der Waals surface area (Å²) in [5.41, 5.74) is 12.0. The fourth-order valence-corrected chi connectivity index (χ4v) is 2.34. The smallest absolute Gasteiger partial charge is 0.224 e. The van der Waals surface area contributed by atoms with Gasteiger partial charge in [-0.3, -0.25) is 9.69 Å². The van der Waals surface area contributed by atoms with Crippen molar-refractivity contribution in [1.29, 1.82) is 0 Å². The predicted molar refractivity (Wildman–Crippen MR) is 68.0 cm³/mol. The maximum atomic E-state index is 13.2. The molecule has 4 N–H and O–H groups in total. The molecule has 98 valence electrons. The molecule has 1 aromatic carbocycles. The lowest BCUT2D eigenvalue weighted by atomic mass is 9.89. The van der Waals surface area contributed by atoms with E-state index in [0.717, 1.165) is 18.5 Å². The second-order valence-corrected chi connectivity index (χ2v) is 5.23. The molecule has 1 amide bonds. The van der Waals surface area contributed by atoms with Crippen molar-refractivity contribution in [3.8, 4) is 0 Å². The number of primary amides is 1. The van der Waals surface area contributed by atoms with Gasteiger partial charge < -0.3 is 11.5 Å². The fourth-order valence-electron chi connectivity index (χ4n) is 2.34. The quantitative estimate of drug-likeness (QED) is 0.790. The Hall–Kier alpha value is -1.62. The van der Waals surface area contributed by atoms with Gasteiger partial charge in [0.05, 0.1) is 5.41 Å². The number of hydrogen-bond acceptors (Lipinski definition) is 3. The number of hydrogen-bond donors (Lipinski definition) is 2. The summed E-state index contributed by atoms with van der Waals surface area (Å²) in [6, 6.07) is 4.35. The van der Waals surface area contributed by atoms with Crippen molar-refractivity contribution < 1.29 is 9.18 Å². The first kappa shape index (κ1) is 12.8. The van der Waals surface area contributed by atoms with Gasteiger partial charge in [-0.15, -0.1) is 0 Å². The van der Waals surface area contributed by atoms with E-state index in [-0.39, 0.29) is 11.7 Å². The number of rotatable bonds is 3. The van der Waals surface area contributed by atoms with Gasteiger partial charge in [0.15, 0.2) is 0 Å². The van der Waals surface area contributed by atoms with Gasteiger partial charge in [0.1, 0.15) is 5.82 Å². The number of carbonyl (C=O) groups is 1. The van der Waals surface area contributed by atoms with Gasteiger partial charge in [-0.1, -0.05) is 0 Å². The van der Waals surface area contributed by atoms with E-state index in [1.54, 1.807) is 6.07 Å². The minimum Gasteiger partial charge on any atom is -0.398 e. The number of nitrogens with zero attached hydrogens (tertiary/aromatic N) is 1. The Morgan fingerprint density at radius 3 is 2.89 bits per heavy atom. The molecular weight excluding hydrogens is 233 g/mol. The Morgan fingerprint density at radius 1 is 1.56 bits per heavy atom. The van der Waals surface area contributed by atoms with Crippen LogP contribution in [-0.4, -0.2) is 23.9 Å². The summed E-state index contributed by atoms with van der Waals surface area (Å²) in [7, 11) is 0. The third-order valence-corrected chi connectivity index (χ3v) is 3.65. The molecule has 1 unspecified atom stereocenters. The lowest BCUT2D eigenvalue weighted by molar-refractivity contribution is -0.126. The minimum atomic E-state index is -0.484. The minimum absolute atomic E-state index is 0.280. The molecule has 0 aliphatic carbocycles. The highest BCUT2D eigenvalue weighted by Crippen LogP contribution is 2.31. The van der Waals surface area contributed by atoms with Crippen LogP contribution in [0.5, 0.6) is 0 Å². The van der Waals surface area contributed by atoms with Gasteiger partial charge in [-0.2, -0.15) is 0 Å². The van der Waals surface area contributed by atoms with Crippen molar-refractivity contribution >= 4 is 11.6 Å². The monoisotopic (exact) mass is 251 g/mol. The van der Waals surface area contributed by atoms with Gasteiger partial charge in [-0.05, 0) is 43.7 Å². The van der Waals surface area contributed by atoms with Crippen molar-refractivity contribution in [3.63, 3.8) is 0 Å². The van der Waals surface area contributed by atoms with Crippen LogP contribution in [0.3, 0.4) is 0 Å². The van der Waals surface area contributed by atoms with Crippen LogP contribution in [-0.2, 0) is 11.3 Å². The zero-order valence-electron chi connectivity index (χ0n) is 10.4. The van der Waals surface area contributed by atoms with Crippen molar-refractivity contribution in [2.75, 3.05) is 18.8 Å². The van der Waals surface area contributed by atoms with E-state index in [9.17, 15) is 9.18 Å². The number of halogens is 1. The topological polar surface area (TPSA) is 72.4 Å². The molecular formula is C13H18FN3O. The van der Waals surface area contributed by atoms with Crippen molar-refractivity contribution in [1.82, 2.24) is 4.90 Å². The second-order valence-electron chi connectivity index (χ2n) is 5.23. The molecule has 1 heterocycles. The molecule has 1 saturated heterocycles. The van der Waals surface area contributed by atoms with Crippen LogP contribution in [0.2, 0.25) is 0 Å². The fraction of sp³-hybridized carbons (Fsp3) is 0.462. The summed E-state index contributed by atoms with van der Waals surface area (Å²) in [6.45, 7) is 3.78. The molecule has 5 heteroatoms. The van der Waals surface area contributed by atoms with Crippen molar-refractivity contribution in [2.45, 2.75) is 19.9 Å². The van der Waals surface area contributed by atoms with Gasteiger partial charge in [-0.25, -0.2) is 4.39 Å². The summed E-state index contributed by atoms with van der Waals surface area (Å²) < 4.78 is 13.2. The molecule has 2 rings (SSSR count). The summed E-state index contributed by atoms with van der Waals surface area (Å²) in [5.74, 6) is -0.576. The standard InChI is InChI=1S/C13H18FN3O/c1-13(12(16)18)4-5-17(8-13)7-9-6-10(14)2-3-11(9)15/h2-3,6H,4-5,7-8,15H2,1H3,(H2,16,18). The Kier molecular flexibility index (Phi) is 3.26. The largest absolute Gasteiger partial charge is 0.398 e. The Labute approximate surface area is 106 Å².